The molecule has 2 N–H and O–H groups in total. The van der Waals surface area contributed by atoms with E-state index in [1.165, 1.54) is 0 Å². The number of nitrogens with one attached hydrogen (secondary N) is 1. The minimum Gasteiger partial charge on any atom is -0.476 e. The molecular formula is C23H15N3O3. The Morgan fingerprint density at radius 1 is 0.931 bits per heavy atom. The first kappa shape index (κ1) is 16.9. The number of nitrogens with zero attached hydrogens (tertiary/aromatic N) is 2. The number of carbonyl (C=O) groups is 2. The summed E-state index contributed by atoms with van der Waals surface area (Å²) in [5.41, 5.74) is 3.04. The Kier molecular flexibility index (Phi) is 3.77. The van der Waals surface area contributed by atoms with E-state index in [0.717, 1.165) is 32.4 Å². The van der Waals surface area contributed by atoms with Crippen molar-refractivity contribution in [3.8, 4) is 0 Å². The van der Waals surface area contributed by atoms with Gasteiger partial charge < -0.3 is 10.1 Å². The number of para-hydroxylation sites is 2. The van der Waals surface area contributed by atoms with Gasteiger partial charge in [0.25, 0.3) is 5.91 Å². The minimum atomic E-state index is -1.24. The Labute approximate surface area is 165 Å². The molecule has 1 aliphatic rings. The van der Waals surface area contributed by atoms with Gasteiger partial charge in [0.05, 0.1) is 11.3 Å². The first-order valence-electron chi connectivity index (χ1n) is 9.06. The van der Waals surface area contributed by atoms with E-state index in [1.807, 2.05) is 48.5 Å². The number of anilines is 1. The van der Waals surface area contributed by atoms with Crippen molar-refractivity contribution in [2.75, 3.05) is 5.01 Å². The van der Waals surface area contributed by atoms with E-state index >= 15 is 0 Å². The maximum absolute atomic E-state index is 12.9. The Morgan fingerprint density at radius 3 is 2.45 bits per heavy atom. The number of carboxylic acids is 1. The molecule has 3 aromatic carbocycles. The van der Waals surface area contributed by atoms with Crippen LogP contribution in [0.15, 0.2) is 83.5 Å². The summed E-state index contributed by atoms with van der Waals surface area (Å²) in [6.07, 6.45) is 1.58. The highest BCUT2D eigenvalue weighted by molar-refractivity contribution is 6.53. The van der Waals surface area contributed by atoms with Crippen molar-refractivity contribution in [3.05, 3.63) is 83.9 Å². The third kappa shape index (κ3) is 2.78. The number of H-pyrrole nitrogens is 1. The van der Waals surface area contributed by atoms with Crippen LogP contribution in [0.1, 0.15) is 5.56 Å². The van der Waals surface area contributed by atoms with Gasteiger partial charge >= 0.3 is 5.97 Å². The van der Waals surface area contributed by atoms with Crippen molar-refractivity contribution >= 4 is 51.2 Å². The van der Waals surface area contributed by atoms with E-state index in [-0.39, 0.29) is 11.3 Å². The van der Waals surface area contributed by atoms with Crippen molar-refractivity contribution in [3.63, 3.8) is 0 Å². The van der Waals surface area contributed by atoms with Crippen LogP contribution < -0.4 is 5.01 Å². The Morgan fingerprint density at radius 2 is 1.66 bits per heavy atom. The molecule has 1 aliphatic heterocycles. The number of aliphatic carboxylic acids is 1. The van der Waals surface area contributed by atoms with E-state index in [0.29, 0.717) is 5.69 Å². The number of carboxylic acid groups (broad SMARTS) is 1. The van der Waals surface area contributed by atoms with Crippen LogP contribution in [0.2, 0.25) is 0 Å². The van der Waals surface area contributed by atoms with E-state index < -0.39 is 11.9 Å². The molecule has 140 valence electrons. The topological polar surface area (TPSA) is 85.8 Å². The second-order valence-corrected chi connectivity index (χ2v) is 6.74. The molecule has 5 rings (SSSR count). The summed E-state index contributed by atoms with van der Waals surface area (Å²) in [5, 5.41) is 16.8. The van der Waals surface area contributed by atoms with Crippen molar-refractivity contribution in [1.29, 1.82) is 0 Å². The van der Waals surface area contributed by atoms with Gasteiger partial charge in [-0.15, -0.1) is 0 Å². The highest BCUT2D eigenvalue weighted by Crippen LogP contribution is 2.29. The number of benzene rings is 3. The lowest BCUT2D eigenvalue weighted by Gasteiger charge is -2.10. The molecule has 0 saturated carbocycles. The number of carbonyl (C=O) groups excluding carboxylic acids is 1. The van der Waals surface area contributed by atoms with Crippen LogP contribution in [0.3, 0.4) is 0 Å². The molecule has 0 atom stereocenters. The maximum Gasteiger partial charge on any atom is 0.357 e. The molecule has 6 heteroatoms. The molecule has 2 heterocycles. The molecule has 0 saturated heterocycles. The fourth-order valence-corrected chi connectivity index (χ4v) is 3.57. The minimum absolute atomic E-state index is 0.0561. The van der Waals surface area contributed by atoms with E-state index in [2.05, 4.69) is 10.1 Å². The molecular weight excluding hydrogens is 366 g/mol. The summed E-state index contributed by atoms with van der Waals surface area (Å²) >= 11 is 0. The summed E-state index contributed by atoms with van der Waals surface area (Å²) in [6.45, 7) is 0. The Bertz CT molecular complexity index is 1350. The summed E-state index contributed by atoms with van der Waals surface area (Å²) in [4.78, 5) is 28.0. The number of hydrazone groups is 1. The van der Waals surface area contributed by atoms with Gasteiger partial charge in [-0.3, -0.25) is 4.79 Å². The van der Waals surface area contributed by atoms with Crippen LogP contribution in [0.5, 0.6) is 0 Å². The average molecular weight is 381 g/mol. The molecule has 0 bridgehead atoms. The lowest BCUT2D eigenvalue weighted by atomic mass is 10.0. The normalized spacial score (nSPS) is 15.4. The van der Waals surface area contributed by atoms with Gasteiger partial charge in [-0.2, -0.15) is 10.1 Å². The second-order valence-electron chi connectivity index (χ2n) is 6.74. The van der Waals surface area contributed by atoms with Crippen LogP contribution in [0.25, 0.3) is 27.9 Å². The Hall–Kier alpha value is -4.19. The van der Waals surface area contributed by atoms with Gasteiger partial charge in [-0.25, -0.2) is 4.79 Å². The standard InChI is InChI=1S/C23H15N3O3/c27-22-18(21(23(28)29)25-26(22)15-6-2-1-3-7-15)13-14-10-11-20-17(12-14)16-8-4-5-9-19(16)24-20/h1-13,24H,(H,28,29)/b18-13+. The van der Waals surface area contributed by atoms with Gasteiger partial charge in [0.1, 0.15) is 0 Å². The second kappa shape index (κ2) is 6.45. The lowest BCUT2D eigenvalue weighted by Crippen LogP contribution is -2.22. The summed E-state index contributed by atoms with van der Waals surface area (Å²) in [6, 6.07) is 22.4. The summed E-state index contributed by atoms with van der Waals surface area (Å²) in [7, 11) is 0. The summed E-state index contributed by atoms with van der Waals surface area (Å²) in [5.74, 6) is -1.70. The van der Waals surface area contributed by atoms with Crippen LogP contribution in [0, 0.1) is 0 Å². The number of aromatic nitrogens is 1. The van der Waals surface area contributed by atoms with E-state index in [9.17, 15) is 14.7 Å². The van der Waals surface area contributed by atoms with Crippen LogP contribution >= 0.6 is 0 Å². The molecule has 1 aromatic heterocycles. The smallest absolute Gasteiger partial charge is 0.357 e. The molecule has 0 radical (unpaired) electrons. The highest BCUT2D eigenvalue weighted by Gasteiger charge is 2.35. The molecule has 0 aliphatic carbocycles. The number of amides is 1. The molecule has 29 heavy (non-hydrogen) atoms. The molecule has 0 unspecified atom stereocenters. The van der Waals surface area contributed by atoms with Gasteiger partial charge in [0.2, 0.25) is 0 Å². The monoisotopic (exact) mass is 381 g/mol. The third-order valence-electron chi connectivity index (χ3n) is 4.92. The maximum atomic E-state index is 12.9. The van der Waals surface area contributed by atoms with Gasteiger partial charge in [-0.05, 0) is 42.0 Å². The van der Waals surface area contributed by atoms with Crippen LogP contribution in [-0.2, 0) is 9.59 Å². The molecule has 4 aromatic rings. The molecule has 6 nitrogen and oxygen atoms in total. The van der Waals surface area contributed by atoms with Gasteiger partial charge in [-0.1, -0.05) is 42.5 Å². The zero-order valence-electron chi connectivity index (χ0n) is 15.2. The largest absolute Gasteiger partial charge is 0.476 e. The molecule has 0 fully saturated rings. The number of aromatic amines is 1. The molecule has 0 spiro atoms. The number of fused-ring (bicyclic) bond motifs is 3. The van der Waals surface area contributed by atoms with Crippen molar-refractivity contribution in [2.24, 2.45) is 5.10 Å². The number of hydrogen-bond acceptors (Lipinski definition) is 3. The highest BCUT2D eigenvalue weighted by atomic mass is 16.4. The van der Waals surface area contributed by atoms with Gasteiger partial charge in [0, 0.05) is 21.8 Å². The van der Waals surface area contributed by atoms with Crippen molar-refractivity contribution in [1.82, 2.24) is 4.98 Å². The fraction of sp³-hybridized carbons (Fsp3) is 0. The zero-order valence-corrected chi connectivity index (χ0v) is 15.2. The number of hydrogen-bond donors (Lipinski definition) is 2. The third-order valence-corrected chi connectivity index (χ3v) is 4.92. The fourth-order valence-electron chi connectivity index (χ4n) is 3.57. The average Bonchev–Trinajstić information content (AvgIpc) is 3.27. The number of rotatable bonds is 3. The summed E-state index contributed by atoms with van der Waals surface area (Å²) < 4.78 is 0. The van der Waals surface area contributed by atoms with Gasteiger partial charge in [0.15, 0.2) is 5.71 Å². The van der Waals surface area contributed by atoms with Crippen LogP contribution in [0.4, 0.5) is 5.69 Å². The predicted molar refractivity (Wildman–Crippen MR) is 113 cm³/mol. The molecule has 1 amide bonds. The SMILES string of the molecule is O=C(O)C1=NN(c2ccccc2)C(=O)/C1=C/c1ccc2[nH]c3ccccc3c2c1. The first-order chi connectivity index (χ1) is 14.1. The van der Waals surface area contributed by atoms with Crippen molar-refractivity contribution in [2.45, 2.75) is 0 Å². The van der Waals surface area contributed by atoms with E-state index in [1.54, 1.807) is 30.3 Å². The predicted octanol–water partition coefficient (Wildman–Crippen LogP) is 4.19. The first-order valence-corrected chi connectivity index (χ1v) is 9.06. The zero-order chi connectivity index (χ0) is 20.0. The Balaban J connectivity index is 1.62. The van der Waals surface area contributed by atoms with Crippen molar-refractivity contribution < 1.29 is 14.7 Å². The quantitative estimate of drug-likeness (QED) is 0.522. The van der Waals surface area contributed by atoms with E-state index in [4.69, 9.17) is 0 Å². The lowest BCUT2D eigenvalue weighted by molar-refractivity contribution is -0.129. The van der Waals surface area contributed by atoms with Crippen LogP contribution in [-0.4, -0.2) is 27.7 Å².